The van der Waals surface area contributed by atoms with Crippen LogP contribution in [-0.2, 0) is 6.42 Å². The monoisotopic (exact) mass is 328 g/mol. The van der Waals surface area contributed by atoms with Gasteiger partial charge >= 0.3 is 6.03 Å². The molecular formula is C15H18Cl2N2O2. The van der Waals surface area contributed by atoms with Crippen LogP contribution in [0.1, 0.15) is 42.9 Å². The molecule has 6 heteroatoms. The molecule has 2 aliphatic rings. The van der Waals surface area contributed by atoms with Crippen LogP contribution in [0.15, 0.2) is 12.1 Å². The maximum Gasteiger partial charge on any atom is 0.315 e. The van der Waals surface area contributed by atoms with Gasteiger partial charge in [-0.15, -0.1) is 0 Å². The molecule has 4 nitrogen and oxygen atoms in total. The number of aliphatic hydroxyl groups is 1. The first-order valence-electron chi connectivity index (χ1n) is 7.22. The highest BCUT2D eigenvalue weighted by Crippen LogP contribution is 2.39. The summed E-state index contributed by atoms with van der Waals surface area (Å²) in [6, 6.07) is 3.38. The van der Waals surface area contributed by atoms with Crippen molar-refractivity contribution in [1.82, 2.24) is 10.6 Å². The van der Waals surface area contributed by atoms with Crippen LogP contribution in [0.5, 0.6) is 0 Å². The number of amides is 2. The van der Waals surface area contributed by atoms with Crippen molar-refractivity contribution >= 4 is 29.2 Å². The van der Waals surface area contributed by atoms with Gasteiger partial charge < -0.3 is 15.7 Å². The van der Waals surface area contributed by atoms with Crippen LogP contribution in [-0.4, -0.2) is 23.3 Å². The summed E-state index contributed by atoms with van der Waals surface area (Å²) in [6.45, 7) is 0.305. The highest BCUT2D eigenvalue weighted by Gasteiger charge is 2.35. The summed E-state index contributed by atoms with van der Waals surface area (Å²) in [5, 5.41) is 16.8. The molecule has 1 unspecified atom stereocenters. The fraction of sp³-hybridized carbons (Fsp3) is 0.533. The maximum absolute atomic E-state index is 12.0. The zero-order valence-electron chi connectivity index (χ0n) is 11.6. The summed E-state index contributed by atoms with van der Waals surface area (Å²) in [4.78, 5) is 12.0. The Balaban J connectivity index is 1.60. The SMILES string of the molecule is O=C(NCC1(O)CCC1)NC1CCc2c1ccc(Cl)c2Cl. The summed E-state index contributed by atoms with van der Waals surface area (Å²) < 4.78 is 0. The second-order valence-electron chi connectivity index (χ2n) is 5.93. The van der Waals surface area contributed by atoms with Crippen LogP contribution < -0.4 is 10.6 Å². The lowest BCUT2D eigenvalue weighted by Gasteiger charge is -2.36. The van der Waals surface area contributed by atoms with E-state index >= 15 is 0 Å². The molecule has 0 bridgehead atoms. The summed E-state index contributed by atoms with van der Waals surface area (Å²) in [5.74, 6) is 0. The highest BCUT2D eigenvalue weighted by atomic mass is 35.5. The average molecular weight is 329 g/mol. The van der Waals surface area contributed by atoms with Gasteiger partial charge in [0.2, 0.25) is 0 Å². The minimum Gasteiger partial charge on any atom is -0.388 e. The maximum atomic E-state index is 12.0. The third-order valence-electron chi connectivity index (χ3n) is 4.46. The zero-order valence-corrected chi connectivity index (χ0v) is 13.1. The van der Waals surface area contributed by atoms with Crippen molar-refractivity contribution in [1.29, 1.82) is 0 Å². The molecule has 1 aromatic rings. The van der Waals surface area contributed by atoms with E-state index in [9.17, 15) is 9.90 Å². The minimum absolute atomic E-state index is 0.0502. The Morgan fingerprint density at radius 3 is 2.81 bits per heavy atom. The van der Waals surface area contributed by atoms with Crippen molar-refractivity contribution in [2.75, 3.05) is 6.54 Å². The molecule has 1 saturated carbocycles. The van der Waals surface area contributed by atoms with Gasteiger partial charge in [-0.3, -0.25) is 0 Å². The van der Waals surface area contributed by atoms with Gasteiger partial charge in [-0.05, 0) is 49.3 Å². The van der Waals surface area contributed by atoms with Crippen LogP contribution in [0.25, 0.3) is 0 Å². The number of urea groups is 1. The number of carbonyl (C=O) groups excluding carboxylic acids is 1. The Kier molecular flexibility index (Phi) is 4.04. The molecule has 0 heterocycles. The van der Waals surface area contributed by atoms with Crippen LogP contribution in [0.4, 0.5) is 4.79 Å². The smallest absolute Gasteiger partial charge is 0.315 e. The third kappa shape index (κ3) is 2.98. The Bertz CT molecular complexity index is 573. The molecule has 0 saturated heterocycles. The Morgan fingerprint density at radius 2 is 2.14 bits per heavy atom. The van der Waals surface area contributed by atoms with Crippen molar-refractivity contribution in [2.45, 2.75) is 43.7 Å². The second kappa shape index (κ2) is 5.67. The van der Waals surface area contributed by atoms with E-state index in [1.807, 2.05) is 6.07 Å². The fourth-order valence-corrected chi connectivity index (χ4v) is 3.44. The molecule has 1 aromatic carbocycles. The van der Waals surface area contributed by atoms with E-state index in [0.717, 1.165) is 43.2 Å². The molecule has 0 aliphatic heterocycles. The van der Waals surface area contributed by atoms with Gasteiger partial charge in [0.05, 0.1) is 21.7 Å². The van der Waals surface area contributed by atoms with E-state index in [4.69, 9.17) is 23.2 Å². The first kappa shape index (κ1) is 14.9. The summed E-state index contributed by atoms with van der Waals surface area (Å²) >= 11 is 12.2. The lowest BCUT2D eigenvalue weighted by Crippen LogP contribution is -2.50. The summed E-state index contributed by atoms with van der Waals surface area (Å²) in [7, 11) is 0. The number of hydrogen-bond acceptors (Lipinski definition) is 2. The van der Waals surface area contributed by atoms with E-state index in [0.29, 0.717) is 16.6 Å². The molecule has 1 atom stereocenters. The van der Waals surface area contributed by atoms with Gasteiger partial charge in [-0.1, -0.05) is 29.3 Å². The normalized spacial score (nSPS) is 22.3. The second-order valence-corrected chi connectivity index (χ2v) is 6.71. The largest absolute Gasteiger partial charge is 0.388 e. The quantitative estimate of drug-likeness (QED) is 0.797. The van der Waals surface area contributed by atoms with Gasteiger partial charge in [-0.2, -0.15) is 0 Å². The molecule has 114 valence electrons. The first-order chi connectivity index (χ1) is 9.98. The number of benzene rings is 1. The molecule has 2 aliphatic carbocycles. The standard InChI is InChI=1S/C15H18Cl2N2O2/c16-11-4-2-9-10(13(11)17)3-5-12(9)19-14(20)18-8-15(21)6-1-7-15/h2,4,12,21H,1,3,5-8H2,(H2,18,19,20). The molecule has 3 N–H and O–H groups in total. The first-order valence-corrected chi connectivity index (χ1v) is 7.98. The number of carbonyl (C=O) groups is 1. The topological polar surface area (TPSA) is 61.4 Å². The van der Waals surface area contributed by atoms with Gasteiger partial charge in [0.25, 0.3) is 0 Å². The van der Waals surface area contributed by atoms with Crippen LogP contribution in [0.2, 0.25) is 10.0 Å². The molecule has 3 rings (SSSR count). The number of nitrogens with one attached hydrogen (secondary N) is 2. The van der Waals surface area contributed by atoms with E-state index in [1.54, 1.807) is 6.07 Å². The van der Waals surface area contributed by atoms with Crippen LogP contribution >= 0.6 is 23.2 Å². The van der Waals surface area contributed by atoms with Crippen LogP contribution in [0.3, 0.4) is 0 Å². The van der Waals surface area contributed by atoms with E-state index in [-0.39, 0.29) is 12.1 Å². The van der Waals surface area contributed by atoms with E-state index in [1.165, 1.54) is 0 Å². The minimum atomic E-state index is -0.707. The molecule has 2 amide bonds. The van der Waals surface area contributed by atoms with Crippen molar-refractivity contribution in [3.63, 3.8) is 0 Å². The summed E-state index contributed by atoms with van der Waals surface area (Å²) in [6.07, 6.45) is 4.16. The molecule has 1 fully saturated rings. The predicted molar refractivity (Wildman–Crippen MR) is 82.9 cm³/mol. The Hall–Kier alpha value is -0.970. The van der Waals surface area contributed by atoms with Crippen molar-refractivity contribution in [3.05, 3.63) is 33.3 Å². The number of hydrogen-bond donors (Lipinski definition) is 3. The highest BCUT2D eigenvalue weighted by molar-refractivity contribution is 6.42. The zero-order chi connectivity index (χ0) is 15.0. The van der Waals surface area contributed by atoms with Crippen molar-refractivity contribution < 1.29 is 9.90 Å². The Morgan fingerprint density at radius 1 is 1.38 bits per heavy atom. The fourth-order valence-electron chi connectivity index (χ4n) is 3.00. The van der Waals surface area contributed by atoms with Gasteiger partial charge in [-0.25, -0.2) is 4.79 Å². The van der Waals surface area contributed by atoms with Crippen LogP contribution in [0, 0.1) is 0 Å². The average Bonchev–Trinajstić information content (AvgIpc) is 2.82. The molecule has 21 heavy (non-hydrogen) atoms. The third-order valence-corrected chi connectivity index (χ3v) is 5.30. The van der Waals surface area contributed by atoms with Gasteiger partial charge in [0.15, 0.2) is 0 Å². The number of halogens is 2. The molecular weight excluding hydrogens is 311 g/mol. The lowest BCUT2D eigenvalue weighted by molar-refractivity contribution is -0.0290. The molecule has 0 spiro atoms. The van der Waals surface area contributed by atoms with Crippen molar-refractivity contribution in [2.24, 2.45) is 0 Å². The predicted octanol–water partition coefficient (Wildman–Crippen LogP) is 3.19. The molecule has 0 aromatic heterocycles. The van der Waals surface area contributed by atoms with E-state index < -0.39 is 5.60 Å². The van der Waals surface area contributed by atoms with Gasteiger partial charge in [0, 0.05) is 6.54 Å². The lowest BCUT2D eigenvalue weighted by atomic mass is 9.80. The van der Waals surface area contributed by atoms with Gasteiger partial charge in [0.1, 0.15) is 0 Å². The van der Waals surface area contributed by atoms with E-state index in [2.05, 4.69) is 10.6 Å². The number of rotatable bonds is 3. The Labute approximate surface area is 133 Å². The molecule has 0 radical (unpaired) electrons. The summed E-state index contributed by atoms with van der Waals surface area (Å²) in [5.41, 5.74) is 1.34. The number of fused-ring (bicyclic) bond motifs is 1. The van der Waals surface area contributed by atoms with Crippen molar-refractivity contribution in [3.8, 4) is 0 Å².